The lowest BCUT2D eigenvalue weighted by molar-refractivity contribution is 0.110. The number of rotatable bonds is 8. The Bertz CT molecular complexity index is 312. The minimum absolute atomic E-state index is 0.748. The number of nitrogens with zero attached hydrogens (tertiary/aromatic N) is 1. The molecule has 0 spiro atoms. The number of benzene rings is 1. The second-order valence-electron chi connectivity index (χ2n) is 3.89. The summed E-state index contributed by atoms with van der Waals surface area (Å²) in [5.41, 5.74) is 1.30. The third kappa shape index (κ3) is 6.17. The Kier molecular flexibility index (Phi) is 7.44. The zero-order chi connectivity index (χ0) is 12.5. The van der Waals surface area contributed by atoms with Gasteiger partial charge in [0.15, 0.2) is 0 Å². The van der Waals surface area contributed by atoms with Crippen molar-refractivity contribution in [2.24, 2.45) is 0 Å². The van der Waals surface area contributed by atoms with Crippen molar-refractivity contribution in [1.29, 1.82) is 0 Å². The van der Waals surface area contributed by atoms with Gasteiger partial charge in [0.25, 0.3) is 0 Å². The molecule has 0 saturated carbocycles. The Balaban J connectivity index is 2.51. The fourth-order valence-electron chi connectivity index (χ4n) is 1.60. The average molecular weight is 302 g/mol. The molecular weight excluding hydrogens is 282 g/mol. The summed E-state index contributed by atoms with van der Waals surface area (Å²) < 4.78 is 11.4. The van der Waals surface area contributed by atoms with Crippen molar-refractivity contribution in [2.45, 2.75) is 6.54 Å². The first kappa shape index (κ1) is 14.6. The van der Waals surface area contributed by atoms with Crippen LogP contribution in [0.5, 0.6) is 0 Å². The van der Waals surface area contributed by atoms with Crippen molar-refractivity contribution >= 4 is 15.9 Å². The van der Waals surface area contributed by atoms with Gasteiger partial charge in [0.05, 0.1) is 13.2 Å². The van der Waals surface area contributed by atoms with Gasteiger partial charge < -0.3 is 9.47 Å². The molecule has 1 aromatic carbocycles. The molecule has 1 aromatic rings. The summed E-state index contributed by atoms with van der Waals surface area (Å²) in [7, 11) is 3.46. The molecule has 96 valence electrons. The number of hydrogen-bond acceptors (Lipinski definition) is 3. The summed E-state index contributed by atoms with van der Waals surface area (Å²) in [4.78, 5) is 2.33. The van der Waals surface area contributed by atoms with Crippen LogP contribution in [0.15, 0.2) is 28.7 Å². The van der Waals surface area contributed by atoms with E-state index in [1.807, 2.05) is 6.07 Å². The summed E-state index contributed by atoms with van der Waals surface area (Å²) in [6.07, 6.45) is 0. The van der Waals surface area contributed by atoms with Crippen LogP contribution < -0.4 is 0 Å². The minimum atomic E-state index is 0.748. The summed E-state index contributed by atoms with van der Waals surface area (Å²) in [6.45, 7) is 4.26. The zero-order valence-electron chi connectivity index (χ0n) is 10.5. The van der Waals surface area contributed by atoms with Gasteiger partial charge in [-0.3, -0.25) is 4.90 Å². The van der Waals surface area contributed by atoms with E-state index >= 15 is 0 Å². The van der Waals surface area contributed by atoms with Crippen LogP contribution >= 0.6 is 15.9 Å². The van der Waals surface area contributed by atoms with E-state index in [1.165, 1.54) is 5.56 Å². The molecular formula is C13H20BrNO2. The van der Waals surface area contributed by atoms with E-state index in [2.05, 4.69) is 39.0 Å². The second-order valence-corrected chi connectivity index (χ2v) is 4.81. The molecule has 3 nitrogen and oxygen atoms in total. The largest absolute Gasteiger partial charge is 0.383 e. The van der Waals surface area contributed by atoms with Gasteiger partial charge in [-0.05, 0) is 17.7 Å². The fourth-order valence-corrected chi connectivity index (χ4v) is 2.05. The molecule has 0 fully saturated rings. The number of ether oxygens (including phenoxy) is 2. The van der Waals surface area contributed by atoms with Gasteiger partial charge in [-0.15, -0.1) is 0 Å². The molecule has 4 heteroatoms. The molecule has 0 amide bonds. The highest BCUT2D eigenvalue weighted by atomic mass is 79.9. The Labute approximate surface area is 112 Å². The molecule has 0 heterocycles. The van der Waals surface area contributed by atoms with Crippen LogP contribution in [0.3, 0.4) is 0 Å². The van der Waals surface area contributed by atoms with E-state index in [9.17, 15) is 0 Å². The smallest absolute Gasteiger partial charge is 0.0589 e. The maximum absolute atomic E-state index is 5.12. The van der Waals surface area contributed by atoms with Crippen LogP contribution in [-0.4, -0.2) is 45.4 Å². The molecule has 0 aliphatic rings. The molecule has 0 atom stereocenters. The summed E-state index contributed by atoms with van der Waals surface area (Å²) in [5.74, 6) is 0. The maximum Gasteiger partial charge on any atom is 0.0589 e. The third-order valence-corrected chi connectivity index (χ3v) is 3.01. The van der Waals surface area contributed by atoms with Gasteiger partial charge >= 0.3 is 0 Å². The van der Waals surface area contributed by atoms with Gasteiger partial charge in [-0.25, -0.2) is 0 Å². The molecule has 0 aromatic heterocycles. The molecule has 0 N–H and O–H groups in total. The van der Waals surface area contributed by atoms with E-state index in [4.69, 9.17) is 9.47 Å². The van der Waals surface area contributed by atoms with Crippen molar-refractivity contribution < 1.29 is 9.47 Å². The quantitative estimate of drug-likeness (QED) is 0.736. The van der Waals surface area contributed by atoms with Crippen molar-refractivity contribution in [1.82, 2.24) is 4.90 Å². The van der Waals surface area contributed by atoms with Crippen LogP contribution in [0.2, 0.25) is 0 Å². The first-order valence-electron chi connectivity index (χ1n) is 5.71. The molecule has 0 aliphatic heterocycles. The Hall–Kier alpha value is -0.420. The summed E-state index contributed by atoms with van der Waals surface area (Å²) in [5, 5.41) is 0. The minimum Gasteiger partial charge on any atom is -0.383 e. The third-order valence-electron chi connectivity index (χ3n) is 2.52. The van der Waals surface area contributed by atoms with Crippen molar-refractivity contribution in [3.05, 3.63) is 34.3 Å². The second kappa shape index (κ2) is 8.64. The van der Waals surface area contributed by atoms with Crippen LogP contribution in [0.1, 0.15) is 5.56 Å². The summed E-state index contributed by atoms with van der Waals surface area (Å²) >= 11 is 3.49. The standard InChI is InChI=1S/C13H20BrNO2/c1-16-8-6-15(7-9-17-2)11-12-4-3-5-13(14)10-12/h3-5,10H,6-9,11H2,1-2H3. The maximum atomic E-state index is 5.12. The van der Waals surface area contributed by atoms with E-state index in [0.29, 0.717) is 0 Å². The molecule has 1 rings (SSSR count). The van der Waals surface area contributed by atoms with Gasteiger partial charge in [-0.1, -0.05) is 28.1 Å². The lowest BCUT2D eigenvalue weighted by Gasteiger charge is -2.21. The average Bonchev–Trinajstić information content (AvgIpc) is 2.32. The topological polar surface area (TPSA) is 21.7 Å². The van der Waals surface area contributed by atoms with Crippen molar-refractivity contribution in [3.63, 3.8) is 0 Å². The number of hydrogen-bond donors (Lipinski definition) is 0. The molecule has 0 bridgehead atoms. The zero-order valence-corrected chi connectivity index (χ0v) is 12.1. The molecule has 0 radical (unpaired) electrons. The predicted octanol–water partition coefficient (Wildman–Crippen LogP) is 2.54. The van der Waals surface area contributed by atoms with Crippen LogP contribution in [0.25, 0.3) is 0 Å². The molecule has 0 aliphatic carbocycles. The van der Waals surface area contributed by atoms with Gasteiger partial charge in [-0.2, -0.15) is 0 Å². The van der Waals surface area contributed by atoms with Crippen LogP contribution in [0.4, 0.5) is 0 Å². The van der Waals surface area contributed by atoms with E-state index in [-0.39, 0.29) is 0 Å². The van der Waals surface area contributed by atoms with Crippen molar-refractivity contribution in [3.8, 4) is 0 Å². The van der Waals surface area contributed by atoms with Crippen molar-refractivity contribution in [2.75, 3.05) is 40.5 Å². The van der Waals surface area contributed by atoms with Gasteiger partial charge in [0, 0.05) is 38.3 Å². The normalized spacial score (nSPS) is 11.1. The van der Waals surface area contributed by atoms with E-state index < -0.39 is 0 Å². The number of halogens is 1. The lowest BCUT2D eigenvalue weighted by atomic mass is 10.2. The van der Waals surface area contributed by atoms with E-state index in [1.54, 1.807) is 14.2 Å². The highest BCUT2D eigenvalue weighted by Gasteiger charge is 2.05. The highest BCUT2D eigenvalue weighted by Crippen LogP contribution is 2.13. The first-order valence-corrected chi connectivity index (χ1v) is 6.50. The van der Waals surface area contributed by atoms with E-state index in [0.717, 1.165) is 37.3 Å². The van der Waals surface area contributed by atoms with Gasteiger partial charge in [0.2, 0.25) is 0 Å². The van der Waals surface area contributed by atoms with Crippen LogP contribution in [-0.2, 0) is 16.0 Å². The van der Waals surface area contributed by atoms with Crippen LogP contribution in [0, 0.1) is 0 Å². The lowest BCUT2D eigenvalue weighted by Crippen LogP contribution is -2.30. The monoisotopic (exact) mass is 301 g/mol. The SMILES string of the molecule is COCCN(CCOC)Cc1cccc(Br)c1. The predicted molar refractivity (Wildman–Crippen MR) is 73.2 cm³/mol. The molecule has 17 heavy (non-hydrogen) atoms. The molecule has 0 saturated heterocycles. The van der Waals surface area contributed by atoms with Gasteiger partial charge in [0.1, 0.15) is 0 Å². The number of methoxy groups -OCH3 is 2. The highest BCUT2D eigenvalue weighted by molar-refractivity contribution is 9.10. The summed E-state index contributed by atoms with van der Waals surface area (Å²) in [6, 6.07) is 8.38. The first-order chi connectivity index (χ1) is 8.26. The fraction of sp³-hybridized carbons (Fsp3) is 0.538. The molecule has 0 unspecified atom stereocenters. The Morgan fingerprint density at radius 2 is 1.76 bits per heavy atom. The Morgan fingerprint density at radius 1 is 1.12 bits per heavy atom. The Morgan fingerprint density at radius 3 is 2.29 bits per heavy atom.